The van der Waals surface area contributed by atoms with Gasteiger partial charge in [-0.05, 0) is 36.8 Å². The maximum Gasteiger partial charge on any atom is 0.422 e. The zero-order valence-corrected chi connectivity index (χ0v) is 18.5. The predicted octanol–water partition coefficient (Wildman–Crippen LogP) is 3.79. The first-order valence-corrected chi connectivity index (χ1v) is 10.7. The highest BCUT2D eigenvalue weighted by Gasteiger charge is 2.29. The maximum atomic E-state index is 13.1. The number of anilines is 2. The molecule has 0 radical (unpaired) electrons. The molecule has 1 saturated heterocycles. The molecule has 1 aliphatic heterocycles. The first-order valence-electron chi connectivity index (χ1n) is 10.7. The van der Waals surface area contributed by atoms with E-state index in [0.29, 0.717) is 38.5 Å². The van der Waals surface area contributed by atoms with Crippen LogP contribution in [0.1, 0.15) is 17.1 Å². The molecule has 0 bridgehead atoms. The molecule has 8 nitrogen and oxygen atoms in total. The summed E-state index contributed by atoms with van der Waals surface area (Å²) < 4.78 is 61.4. The smallest absolute Gasteiger partial charge is 0.422 e. The number of nitrogens with zero attached hydrogens (tertiary/aromatic N) is 5. The van der Waals surface area contributed by atoms with Gasteiger partial charge in [-0.2, -0.15) is 28.1 Å². The summed E-state index contributed by atoms with van der Waals surface area (Å²) in [5, 5.41) is 2.95. The lowest BCUT2D eigenvalue weighted by molar-refractivity contribution is -0.154. The van der Waals surface area contributed by atoms with Crippen molar-refractivity contribution in [1.82, 2.24) is 19.9 Å². The SMILES string of the molecule is Cc1ccc(CNc2nc(OCC(F)(F)F)nc(N3CCN(Cc4ccc(F)cc4)CC3)n2)o1. The molecular formula is C22H24F4N6O2. The Kier molecular flexibility index (Phi) is 7.15. The van der Waals surface area contributed by atoms with Crippen LogP contribution in [0.25, 0.3) is 0 Å². The normalized spacial score (nSPS) is 14.9. The van der Waals surface area contributed by atoms with Crippen molar-refractivity contribution in [2.45, 2.75) is 26.2 Å². The number of benzene rings is 1. The van der Waals surface area contributed by atoms with Gasteiger partial charge in [0.05, 0.1) is 6.54 Å². The molecular weight excluding hydrogens is 456 g/mol. The Morgan fingerprint density at radius 2 is 1.74 bits per heavy atom. The topological polar surface area (TPSA) is 79.6 Å². The second-order valence-electron chi connectivity index (χ2n) is 7.90. The van der Waals surface area contributed by atoms with E-state index in [1.54, 1.807) is 24.3 Å². The van der Waals surface area contributed by atoms with Gasteiger partial charge < -0.3 is 19.4 Å². The van der Waals surface area contributed by atoms with Gasteiger partial charge in [-0.1, -0.05) is 12.1 Å². The summed E-state index contributed by atoms with van der Waals surface area (Å²) >= 11 is 0. The second-order valence-corrected chi connectivity index (χ2v) is 7.90. The van der Waals surface area contributed by atoms with Crippen LogP contribution in [-0.2, 0) is 13.1 Å². The molecule has 0 aliphatic carbocycles. The van der Waals surface area contributed by atoms with Crippen LogP contribution in [0.4, 0.5) is 29.5 Å². The fourth-order valence-corrected chi connectivity index (χ4v) is 3.48. The molecule has 0 saturated carbocycles. The summed E-state index contributed by atoms with van der Waals surface area (Å²) in [4.78, 5) is 16.5. The van der Waals surface area contributed by atoms with Crippen molar-refractivity contribution in [3.8, 4) is 6.01 Å². The zero-order chi connectivity index (χ0) is 24.1. The van der Waals surface area contributed by atoms with Gasteiger partial charge in [0.25, 0.3) is 0 Å². The fraction of sp³-hybridized carbons (Fsp3) is 0.409. The Bertz CT molecular complexity index is 1080. The largest absolute Gasteiger partial charge is 0.465 e. The van der Waals surface area contributed by atoms with E-state index in [2.05, 4.69) is 25.2 Å². The zero-order valence-electron chi connectivity index (χ0n) is 18.5. The number of nitrogens with one attached hydrogen (secondary N) is 1. The minimum Gasteiger partial charge on any atom is -0.465 e. The number of ether oxygens (including phenoxy) is 1. The first kappa shape index (κ1) is 23.7. The molecule has 12 heteroatoms. The van der Waals surface area contributed by atoms with Gasteiger partial charge in [-0.15, -0.1) is 0 Å². The third kappa shape index (κ3) is 6.80. The lowest BCUT2D eigenvalue weighted by Gasteiger charge is -2.34. The Morgan fingerprint density at radius 1 is 1.00 bits per heavy atom. The molecule has 1 aliphatic rings. The minimum atomic E-state index is -4.52. The van der Waals surface area contributed by atoms with Gasteiger partial charge in [0.2, 0.25) is 11.9 Å². The predicted molar refractivity (Wildman–Crippen MR) is 116 cm³/mol. The first-order chi connectivity index (χ1) is 16.2. The van der Waals surface area contributed by atoms with E-state index in [1.165, 1.54) is 12.1 Å². The maximum absolute atomic E-state index is 13.1. The monoisotopic (exact) mass is 480 g/mol. The third-order valence-electron chi connectivity index (χ3n) is 5.16. The van der Waals surface area contributed by atoms with Gasteiger partial charge in [-0.3, -0.25) is 4.90 Å². The van der Waals surface area contributed by atoms with Crippen LogP contribution in [0, 0.1) is 12.7 Å². The lowest BCUT2D eigenvalue weighted by atomic mass is 10.2. The lowest BCUT2D eigenvalue weighted by Crippen LogP contribution is -2.46. The van der Waals surface area contributed by atoms with Crippen molar-refractivity contribution in [1.29, 1.82) is 0 Å². The molecule has 0 unspecified atom stereocenters. The van der Waals surface area contributed by atoms with Gasteiger partial charge in [0.1, 0.15) is 17.3 Å². The third-order valence-corrected chi connectivity index (χ3v) is 5.16. The van der Waals surface area contributed by atoms with Crippen LogP contribution in [-0.4, -0.2) is 58.8 Å². The molecule has 4 rings (SSSR count). The molecule has 0 amide bonds. The van der Waals surface area contributed by atoms with Crippen molar-refractivity contribution in [2.24, 2.45) is 0 Å². The highest BCUT2D eigenvalue weighted by molar-refractivity contribution is 5.39. The average Bonchev–Trinajstić information content (AvgIpc) is 3.23. The number of halogens is 4. The summed E-state index contributed by atoms with van der Waals surface area (Å²) in [5.74, 6) is 1.41. The van der Waals surface area contributed by atoms with Crippen LogP contribution in [0.3, 0.4) is 0 Å². The summed E-state index contributed by atoms with van der Waals surface area (Å²) in [7, 11) is 0. The van der Waals surface area contributed by atoms with E-state index in [-0.39, 0.29) is 24.3 Å². The summed E-state index contributed by atoms with van der Waals surface area (Å²) in [6.45, 7) is 3.69. The Balaban J connectivity index is 1.43. The van der Waals surface area contributed by atoms with Crippen LogP contribution in [0.5, 0.6) is 6.01 Å². The van der Waals surface area contributed by atoms with Gasteiger partial charge in [0, 0.05) is 32.7 Å². The molecule has 1 aromatic carbocycles. The number of hydrogen-bond donors (Lipinski definition) is 1. The standard InChI is InChI=1S/C22H24F4N6O2/c1-15-2-7-18(34-15)12-27-19-28-20(30-21(29-19)33-14-22(24,25)26)32-10-8-31(9-11-32)13-16-3-5-17(23)6-4-16/h2-7H,8-14H2,1H3,(H,27,28,29,30). The summed E-state index contributed by atoms with van der Waals surface area (Å²) in [5.41, 5.74) is 0.998. The van der Waals surface area contributed by atoms with E-state index in [9.17, 15) is 17.6 Å². The van der Waals surface area contributed by atoms with Crippen LogP contribution >= 0.6 is 0 Å². The Morgan fingerprint density at radius 3 is 2.38 bits per heavy atom. The van der Waals surface area contributed by atoms with Crippen LogP contribution in [0.15, 0.2) is 40.8 Å². The number of alkyl halides is 3. The van der Waals surface area contributed by atoms with Crippen molar-refractivity contribution in [2.75, 3.05) is 43.0 Å². The van der Waals surface area contributed by atoms with Gasteiger partial charge >= 0.3 is 12.2 Å². The number of rotatable bonds is 8. The van der Waals surface area contributed by atoms with Gasteiger partial charge in [0.15, 0.2) is 6.61 Å². The van der Waals surface area contributed by atoms with Crippen LogP contribution in [0.2, 0.25) is 0 Å². The molecule has 3 heterocycles. The van der Waals surface area contributed by atoms with Crippen molar-refractivity contribution >= 4 is 11.9 Å². The van der Waals surface area contributed by atoms with E-state index in [0.717, 1.165) is 11.3 Å². The highest BCUT2D eigenvalue weighted by Crippen LogP contribution is 2.21. The second kappa shape index (κ2) is 10.2. The number of aromatic nitrogens is 3. The Labute approximate surface area is 193 Å². The van der Waals surface area contributed by atoms with E-state index < -0.39 is 18.8 Å². The summed E-state index contributed by atoms with van der Waals surface area (Å²) in [6.07, 6.45) is -4.52. The van der Waals surface area contributed by atoms with Crippen molar-refractivity contribution in [3.63, 3.8) is 0 Å². The number of hydrogen-bond acceptors (Lipinski definition) is 8. The minimum absolute atomic E-state index is 0.0879. The molecule has 182 valence electrons. The van der Waals surface area contributed by atoms with Crippen molar-refractivity contribution < 1.29 is 26.7 Å². The number of aryl methyl sites for hydroxylation is 1. The quantitative estimate of drug-likeness (QED) is 0.488. The number of furan rings is 1. The average molecular weight is 480 g/mol. The van der Waals surface area contributed by atoms with Gasteiger partial charge in [-0.25, -0.2) is 4.39 Å². The summed E-state index contributed by atoms with van der Waals surface area (Å²) in [6, 6.07) is 9.53. The van der Waals surface area contributed by atoms with E-state index in [4.69, 9.17) is 9.15 Å². The number of piperazine rings is 1. The highest BCUT2D eigenvalue weighted by atomic mass is 19.4. The molecule has 0 spiro atoms. The van der Waals surface area contributed by atoms with Crippen molar-refractivity contribution in [3.05, 3.63) is 59.3 Å². The van der Waals surface area contributed by atoms with E-state index in [1.807, 2.05) is 11.8 Å². The molecule has 1 fully saturated rings. The van der Waals surface area contributed by atoms with E-state index >= 15 is 0 Å². The molecule has 0 atom stereocenters. The molecule has 3 aromatic rings. The Hall–Kier alpha value is -3.41. The molecule has 1 N–H and O–H groups in total. The van der Waals surface area contributed by atoms with Crippen LogP contribution < -0.4 is 15.0 Å². The molecule has 34 heavy (non-hydrogen) atoms. The fourth-order valence-electron chi connectivity index (χ4n) is 3.48. The molecule has 2 aromatic heterocycles.